The van der Waals surface area contributed by atoms with Crippen LogP contribution in [0.2, 0.25) is 0 Å². The van der Waals surface area contributed by atoms with Crippen LogP contribution in [0.4, 0.5) is 13.2 Å². The van der Waals surface area contributed by atoms with Crippen LogP contribution < -0.4 is 5.32 Å². The molecule has 1 aliphatic rings. The maximum atomic E-state index is 12.8. The molecule has 0 aromatic carbocycles. The van der Waals surface area contributed by atoms with Gasteiger partial charge in [-0.2, -0.15) is 13.2 Å². The molecule has 1 aliphatic carbocycles. The summed E-state index contributed by atoms with van der Waals surface area (Å²) in [6, 6.07) is -1.28. The predicted molar refractivity (Wildman–Crippen MR) is 54.7 cm³/mol. The summed E-state index contributed by atoms with van der Waals surface area (Å²) in [5.41, 5.74) is 0. The van der Waals surface area contributed by atoms with Crippen LogP contribution >= 0.6 is 0 Å². The lowest BCUT2D eigenvalue weighted by Gasteiger charge is -2.32. The number of alkyl halides is 3. The van der Waals surface area contributed by atoms with Crippen LogP contribution in [0.1, 0.15) is 45.4 Å². The molecular formula is C11H20F3N. The number of rotatable bonds is 4. The van der Waals surface area contributed by atoms with Gasteiger partial charge in [-0.1, -0.05) is 26.2 Å². The summed E-state index contributed by atoms with van der Waals surface area (Å²) in [6.45, 7) is 2.35. The molecule has 15 heavy (non-hydrogen) atoms. The van der Waals surface area contributed by atoms with Gasteiger partial charge < -0.3 is 5.32 Å². The molecule has 0 bridgehead atoms. The van der Waals surface area contributed by atoms with Crippen LogP contribution in [0.3, 0.4) is 0 Å². The fraction of sp³-hybridized carbons (Fsp3) is 1.00. The highest BCUT2D eigenvalue weighted by molar-refractivity contribution is 4.84. The topological polar surface area (TPSA) is 12.0 Å². The molecule has 1 N–H and O–H groups in total. The number of hydrogen-bond donors (Lipinski definition) is 1. The van der Waals surface area contributed by atoms with Gasteiger partial charge in [-0.25, -0.2) is 0 Å². The van der Waals surface area contributed by atoms with E-state index in [9.17, 15) is 13.2 Å². The summed E-state index contributed by atoms with van der Waals surface area (Å²) in [7, 11) is 0. The zero-order valence-electron chi connectivity index (χ0n) is 9.24. The fourth-order valence-corrected chi connectivity index (χ4v) is 2.32. The maximum absolute atomic E-state index is 12.8. The molecule has 1 rings (SSSR count). The van der Waals surface area contributed by atoms with Crippen LogP contribution in [0, 0.1) is 5.92 Å². The zero-order chi connectivity index (χ0) is 11.3. The molecule has 1 fully saturated rings. The first-order valence-electron chi connectivity index (χ1n) is 5.85. The summed E-state index contributed by atoms with van der Waals surface area (Å²) >= 11 is 0. The summed E-state index contributed by atoms with van der Waals surface area (Å²) in [4.78, 5) is 0. The Morgan fingerprint density at radius 1 is 1.20 bits per heavy atom. The van der Waals surface area contributed by atoms with Gasteiger partial charge in [0.25, 0.3) is 0 Å². The van der Waals surface area contributed by atoms with E-state index >= 15 is 0 Å². The Labute approximate surface area is 89.4 Å². The molecular weight excluding hydrogens is 203 g/mol. The summed E-state index contributed by atoms with van der Waals surface area (Å²) in [5.74, 6) is -0.203. The summed E-state index contributed by atoms with van der Waals surface area (Å²) in [6.07, 6.45) is 1.10. The van der Waals surface area contributed by atoms with E-state index < -0.39 is 12.2 Å². The van der Waals surface area contributed by atoms with Crippen LogP contribution in [0.15, 0.2) is 0 Å². The van der Waals surface area contributed by atoms with Crippen molar-refractivity contribution in [1.82, 2.24) is 5.32 Å². The van der Waals surface area contributed by atoms with Crippen molar-refractivity contribution in [1.29, 1.82) is 0 Å². The molecule has 1 nitrogen and oxygen atoms in total. The quantitative estimate of drug-likeness (QED) is 0.769. The van der Waals surface area contributed by atoms with Gasteiger partial charge in [-0.15, -0.1) is 0 Å². The lowest BCUT2D eigenvalue weighted by atomic mass is 9.83. The van der Waals surface area contributed by atoms with E-state index in [-0.39, 0.29) is 5.92 Å². The Morgan fingerprint density at radius 3 is 2.27 bits per heavy atom. The summed E-state index contributed by atoms with van der Waals surface area (Å²) in [5, 5.41) is 2.65. The number of hydrogen-bond acceptors (Lipinski definition) is 1. The van der Waals surface area contributed by atoms with Crippen LogP contribution in [-0.4, -0.2) is 18.8 Å². The number of nitrogens with one attached hydrogen (secondary N) is 1. The van der Waals surface area contributed by atoms with Gasteiger partial charge in [-0.05, 0) is 31.7 Å². The first kappa shape index (κ1) is 12.8. The first-order valence-corrected chi connectivity index (χ1v) is 5.85. The van der Waals surface area contributed by atoms with Gasteiger partial charge in [-0.3, -0.25) is 0 Å². The predicted octanol–water partition coefficient (Wildman–Crippen LogP) is 3.50. The van der Waals surface area contributed by atoms with Gasteiger partial charge >= 0.3 is 6.18 Å². The average Bonchev–Trinajstić information content (AvgIpc) is 2.18. The highest BCUT2D eigenvalue weighted by Crippen LogP contribution is 2.34. The third-order valence-electron chi connectivity index (χ3n) is 3.09. The molecule has 0 aliphatic heterocycles. The van der Waals surface area contributed by atoms with Crippen molar-refractivity contribution in [3.8, 4) is 0 Å². The van der Waals surface area contributed by atoms with Crippen molar-refractivity contribution < 1.29 is 13.2 Å². The van der Waals surface area contributed by atoms with Gasteiger partial charge in [0, 0.05) is 0 Å². The van der Waals surface area contributed by atoms with Gasteiger partial charge in [0.15, 0.2) is 0 Å². The molecule has 90 valence electrons. The molecule has 0 saturated heterocycles. The molecule has 0 amide bonds. The summed E-state index contributed by atoms with van der Waals surface area (Å²) < 4.78 is 38.3. The second-order valence-corrected chi connectivity index (χ2v) is 4.37. The SMILES string of the molecule is CCCNC(C1CCCCC1)C(F)(F)F. The van der Waals surface area contributed by atoms with Crippen LogP contribution in [-0.2, 0) is 0 Å². The second kappa shape index (κ2) is 5.73. The Bertz CT molecular complexity index is 173. The minimum absolute atomic E-state index is 0.203. The van der Waals surface area contributed by atoms with Crippen molar-refractivity contribution in [3.05, 3.63) is 0 Å². The first-order chi connectivity index (χ1) is 7.05. The maximum Gasteiger partial charge on any atom is 0.404 e. The van der Waals surface area contributed by atoms with Crippen molar-refractivity contribution in [3.63, 3.8) is 0 Å². The van der Waals surface area contributed by atoms with E-state index in [1.54, 1.807) is 0 Å². The van der Waals surface area contributed by atoms with Crippen LogP contribution in [0.25, 0.3) is 0 Å². The highest BCUT2D eigenvalue weighted by Gasteiger charge is 2.44. The molecule has 0 radical (unpaired) electrons. The van der Waals surface area contributed by atoms with Gasteiger partial charge in [0.1, 0.15) is 6.04 Å². The highest BCUT2D eigenvalue weighted by atomic mass is 19.4. The molecule has 4 heteroatoms. The van der Waals surface area contributed by atoms with E-state index in [2.05, 4.69) is 5.32 Å². The Morgan fingerprint density at radius 2 is 1.80 bits per heavy atom. The monoisotopic (exact) mass is 223 g/mol. The molecule has 0 aromatic rings. The van der Waals surface area contributed by atoms with Crippen molar-refractivity contribution in [2.24, 2.45) is 5.92 Å². The average molecular weight is 223 g/mol. The van der Waals surface area contributed by atoms with E-state index in [0.717, 1.165) is 38.5 Å². The van der Waals surface area contributed by atoms with Gasteiger partial charge in [0.2, 0.25) is 0 Å². The van der Waals surface area contributed by atoms with E-state index in [4.69, 9.17) is 0 Å². The molecule has 1 saturated carbocycles. The molecule has 1 atom stereocenters. The van der Waals surface area contributed by atoms with Crippen LogP contribution in [0.5, 0.6) is 0 Å². The van der Waals surface area contributed by atoms with E-state index in [1.165, 1.54) is 0 Å². The second-order valence-electron chi connectivity index (χ2n) is 4.37. The molecule has 1 unspecified atom stereocenters. The lowest BCUT2D eigenvalue weighted by Crippen LogP contribution is -2.48. The molecule has 0 aromatic heterocycles. The standard InChI is InChI=1S/C11H20F3N/c1-2-8-15-10(11(12,13)14)9-6-4-3-5-7-9/h9-10,15H,2-8H2,1H3. The zero-order valence-corrected chi connectivity index (χ0v) is 9.24. The third kappa shape index (κ3) is 4.01. The normalized spacial score (nSPS) is 21.6. The third-order valence-corrected chi connectivity index (χ3v) is 3.09. The van der Waals surface area contributed by atoms with E-state index in [0.29, 0.717) is 6.54 Å². The molecule has 0 spiro atoms. The number of halogens is 3. The smallest absolute Gasteiger partial charge is 0.306 e. The van der Waals surface area contributed by atoms with E-state index in [1.807, 2.05) is 6.92 Å². The lowest BCUT2D eigenvalue weighted by molar-refractivity contribution is -0.170. The fourth-order valence-electron chi connectivity index (χ4n) is 2.32. The minimum atomic E-state index is -4.09. The largest absolute Gasteiger partial charge is 0.404 e. The molecule has 0 heterocycles. The Kier molecular flexibility index (Phi) is 4.90. The van der Waals surface area contributed by atoms with Crippen molar-refractivity contribution in [2.75, 3.05) is 6.54 Å². The van der Waals surface area contributed by atoms with Gasteiger partial charge in [0.05, 0.1) is 0 Å². The Hall–Kier alpha value is -0.250. The van der Waals surface area contributed by atoms with Crippen molar-refractivity contribution >= 4 is 0 Å². The minimum Gasteiger partial charge on any atom is -0.306 e. The Balaban J connectivity index is 2.53. The van der Waals surface area contributed by atoms with Crippen molar-refractivity contribution in [2.45, 2.75) is 57.7 Å².